The summed E-state index contributed by atoms with van der Waals surface area (Å²) in [4.78, 5) is 50.7. The summed E-state index contributed by atoms with van der Waals surface area (Å²) in [7, 11) is 0. The summed E-state index contributed by atoms with van der Waals surface area (Å²) in [5, 5.41) is 0. The lowest BCUT2D eigenvalue weighted by atomic mass is 9.34. The van der Waals surface area contributed by atoms with E-state index in [0.717, 1.165) is 12.7 Å². The molecule has 0 aromatic heterocycles. The number of hydrogen-bond donors (Lipinski definition) is 0. The second kappa shape index (κ2) is 11.0. The summed E-state index contributed by atoms with van der Waals surface area (Å²) in [6, 6.07) is 0. The molecule has 4 aliphatic carbocycles. The second-order valence-electron chi connectivity index (χ2n) is 14.6. The van der Waals surface area contributed by atoms with Gasteiger partial charge in [0.1, 0.15) is 18.5 Å². The van der Waals surface area contributed by atoms with Crippen molar-refractivity contribution in [2.75, 3.05) is 0 Å². The summed E-state index contributed by atoms with van der Waals surface area (Å²) in [6.07, 6.45) is 10.6. The third kappa shape index (κ3) is 4.79. The summed E-state index contributed by atoms with van der Waals surface area (Å²) < 4.78 is 11.7. The van der Waals surface area contributed by atoms with Gasteiger partial charge in [0.25, 0.3) is 0 Å². The molecule has 6 nitrogen and oxygen atoms in total. The zero-order valence-corrected chi connectivity index (χ0v) is 26.1. The second-order valence-corrected chi connectivity index (χ2v) is 14.6. The van der Waals surface area contributed by atoms with Crippen LogP contribution in [0.15, 0.2) is 11.6 Å². The highest BCUT2D eigenvalue weighted by molar-refractivity contribution is 5.97. The zero-order valence-electron chi connectivity index (χ0n) is 26.1. The molecule has 0 radical (unpaired) electrons. The predicted molar refractivity (Wildman–Crippen MR) is 154 cm³/mol. The topological polar surface area (TPSA) is 86.7 Å². The van der Waals surface area contributed by atoms with Crippen LogP contribution in [0.1, 0.15) is 120 Å². The van der Waals surface area contributed by atoms with E-state index >= 15 is 0 Å². The molecular weight excluding hydrogens is 504 g/mol. The molecule has 0 amide bonds. The number of hydrogen-bond acceptors (Lipinski definition) is 6. The summed E-state index contributed by atoms with van der Waals surface area (Å²) in [6.45, 7) is 16.8. The fourth-order valence-electron chi connectivity index (χ4n) is 10.5. The molecule has 0 aromatic carbocycles. The first-order valence-corrected chi connectivity index (χ1v) is 15.8. The van der Waals surface area contributed by atoms with Crippen molar-refractivity contribution in [2.45, 2.75) is 132 Å². The fourth-order valence-corrected chi connectivity index (χ4v) is 10.5. The molecule has 0 bridgehead atoms. The first-order valence-electron chi connectivity index (χ1n) is 15.8. The highest BCUT2D eigenvalue weighted by atomic mass is 16.6. The first-order chi connectivity index (χ1) is 18.7. The largest absolute Gasteiger partial charge is 0.462 e. The van der Waals surface area contributed by atoms with Gasteiger partial charge in [0, 0.05) is 17.4 Å². The number of ether oxygens (including phenoxy) is 2. The van der Waals surface area contributed by atoms with Gasteiger partial charge >= 0.3 is 11.9 Å². The van der Waals surface area contributed by atoms with E-state index in [1.807, 2.05) is 6.08 Å². The molecule has 4 aliphatic rings. The van der Waals surface area contributed by atoms with Crippen LogP contribution in [-0.2, 0) is 28.7 Å². The van der Waals surface area contributed by atoms with Crippen LogP contribution in [0, 0.1) is 45.3 Å². The maximum absolute atomic E-state index is 13.4. The van der Waals surface area contributed by atoms with E-state index < -0.39 is 29.5 Å². The van der Waals surface area contributed by atoms with Crippen molar-refractivity contribution in [1.29, 1.82) is 0 Å². The molecule has 10 atom stereocenters. The minimum Gasteiger partial charge on any atom is -0.462 e. The van der Waals surface area contributed by atoms with Crippen LogP contribution < -0.4 is 0 Å². The quantitative estimate of drug-likeness (QED) is 0.236. The standard InChI is InChI=1S/C34H52O6/c1-9-29(37)39-21(3)18-30(38)40-28-19-27-32(6)16-11-15-31(5,10-2)25(32)14-17-33(27,7)26-13-12-23(22(4)36)24(20-35)34(26,28)8/h12,20-21,24-28H,9-11,13-19H2,1-8H3/t21?,24-,25-,26-,27+,28-,31-,32-,33-,34+/m0/s1. The number of rotatable bonds is 8. The number of Topliss-reactive ketones (excluding diaryl/α,β-unsaturated/α-hetero) is 1. The Balaban J connectivity index is 1.76. The number of fused-ring (bicyclic) bond motifs is 5. The molecule has 0 aliphatic heterocycles. The Labute approximate surface area is 241 Å². The van der Waals surface area contributed by atoms with E-state index in [0.29, 0.717) is 35.7 Å². The predicted octanol–water partition coefficient (Wildman–Crippen LogP) is 7.03. The Kier molecular flexibility index (Phi) is 8.53. The van der Waals surface area contributed by atoms with Crippen molar-refractivity contribution in [3.8, 4) is 0 Å². The van der Waals surface area contributed by atoms with Crippen molar-refractivity contribution < 1.29 is 28.7 Å². The van der Waals surface area contributed by atoms with Gasteiger partial charge < -0.3 is 14.3 Å². The van der Waals surface area contributed by atoms with Crippen LogP contribution in [0.5, 0.6) is 0 Å². The Morgan fingerprint density at radius 2 is 1.68 bits per heavy atom. The van der Waals surface area contributed by atoms with Gasteiger partial charge in [-0.25, -0.2) is 0 Å². The Morgan fingerprint density at radius 3 is 2.27 bits per heavy atom. The van der Waals surface area contributed by atoms with Gasteiger partial charge in [-0.2, -0.15) is 0 Å². The third-order valence-corrected chi connectivity index (χ3v) is 12.6. The van der Waals surface area contributed by atoms with Crippen LogP contribution in [0.2, 0.25) is 0 Å². The number of ketones is 1. The van der Waals surface area contributed by atoms with Crippen molar-refractivity contribution in [3.05, 3.63) is 11.6 Å². The minimum absolute atomic E-state index is 0.0279. The number of aldehydes is 1. The Bertz CT molecular complexity index is 1060. The van der Waals surface area contributed by atoms with Gasteiger partial charge in [0.05, 0.1) is 12.3 Å². The number of esters is 2. The maximum atomic E-state index is 13.4. The summed E-state index contributed by atoms with van der Waals surface area (Å²) in [5.74, 6) is -0.396. The first kappa shape index (κ1) is 31.0. The molecule has 4 rings (SSSR count). The molecule has 1 unspecified atom stereocenters. The molecule has 3 fully saturated rings. The smallest absolute Gasteiger partial charge is 0.309 e. The van der Waals surface area contributed by atoms with E-state index in [9.17, 15) is 19.2 Å². The third-order valence-electron chi connectivity index (χ3n) is 12.6. The van der Waals surface area contributed by atoms with Crippen LogP contribution in [0.4, 0.5) is 0 Å². The van der Waals surface area contributed by atoms with Crippen LogP contribution >= 0.6 is 0 Å². The molecule has 0 saturated heterocycles. The highest BCUT2D eigenvalue weighted by Crippen LogP contribution is 2.73. The number of carbonyl (C=O) groups excluding carboxylic acids is 4. The lowest BCUT2D eigenvalue weighted by Crippen LogP contribution is -2.67. The molecular formula is C34H52O6. The van der Waals surface area contributed by atoms with Crippen molar-refractivity contribution in [2.24, 2.45) is 45.3 Å². The fraction of sp³-hybridized carbons (Fsp3) is 0.824. The van der Waals surface area contributed by atoms with Crippen LogP contribution in [0.25, 0.3) is 0 Å². The van der Waals surface area contributed by atoms with Gasteiger partial charge in [-0.3, -0.25) is 14.4 Å². The molecule has 0 N–H and O–H groups in total. The monoisotopic (exact) mass is 556 g/mol. The van der Waals surface area contributed by atoms with Crippen LogP contribution in [-0.4, -0.2) is 36.2 Å². The maximum Gasteiger partial charge on any atom is 0.309 e. The van der Waals surface area contributed by atoms with E-state index in [4.69, 9.17) is 9.47 Å². The minimum atomic E-state index is -0.687. The normalized spacial score (nSPS) is 43.2. The van der Waals surface area contributed by atoms with Crippen molar-refractivity contribution >= 4 is 24.0 Å². The lowest BCUT2D eigenvalue weighted by Gasteiger charge is -2.70. The van der Waals surface area contributed by atoms with Crippen LogP contribution in [0.3, 0.4) is 0 Å². The average molecular weight is 557 g/mol. The molecule has 0 aromatic rings. The molecule has 40 heavy (non-hydrogen) atoms. The summed E-state index contributed by atoms with van der Waals surface area (Å²) in [5.41, 5.74) is 0.261. The number of carbonyl (C=O) groups is 4. The van der Waals surface area contributed by atoms with Crippen molar-refractivity contribution in [1.82, 2.24) is 0 Å². The molecule has 0 spiro atoms. The van der Waals surface area contributed by atoms with Crippen molar-refractivity contribution in [3.63, 3.8) is 0 Å². The number of allylic oxidation sites excluding steroid dienone is 2. The molecule has 0 heterocycles. The van der Waals surface area contributed by atoms with Gasteiger partial charge in [0.15, 0.2) is 5.78 Å². The van der Waals surface area contributed by atoms with Gasteiger partial charge in [0.2, 0.25) is 0 Å². The zero-order chi connectivity index (χ0) is 29.7. The molecule has 6 heteroatoms. The van der Waals surface area contributed by atoms with E-state index in [1.54, 1.807) is 13.8 Å². The molecule has 3 saturated carbocycles. The van der Waals surface area contributed by atoms with E-state index in [2.05, 4.69) is 34.6 Å². The Morgan fingerprint density at radius 1 is 1.00 bits per heavy atom. The highest BCUT2D eigenvalue weighted by Gasteiger charge is 2.69. The lowest BCUT2D eigenvalue weighted by molar-refractivity contribution is -0.240. The summed E-state index contributed by atoms with van der Waals surface area (Å²) >= 11 is 0. The van der Waals surface area contributed by atoms with Gasteiger partial charge in [-0.1, -0.05) is 60.5 Å². The van der Waals surface area contributed by atoms with E-state index in [-0.39, 0.29) is 41.3 Å². The Hall–Kier alpha value is -1.98. The van der Waals surface area contributed by atoms with E-state index in [1.165, 1.54) is 39.0 Å². The SMILES string of the molecule is CCC(=O)OC(C)CC(=O)O[C@H]1C[C@@H]2[C@@]3(C)CCC[C@](C)(CC)[C@@H]3CC[C@@]2(C)[C@@H]2CC=C(C(C)=O)[C@H](C=O)[C@@]12C. The average Bonchev–Trinajstić information content (AvgIpc) is 2.88. The molecule has 224 valence electrons. The van der Waals surface area contributed by atoms with Gasteiger partial charge in [-0.05, 0) is 86.4 Å². The van der Waals surface area contributed by atoms with Gasteiger partial charge in [-0.15, -0.1) is 0 Å².